The summed E-state index contributed by atoms with van der Waals surface area (Å²) in [6.45, 7) is 10.6. The summed E-state index contributed by atoms with van der Waals surface area (Å²) < 4.78 is 11.1. The Bertz CT molecular complexity index is 543. The van der Waals surface area contributed by atoms with E-state index in [2.05, 4.69) is 38.2 Å². The molecule has 0 fully saturated rings. The number of anilines is 2. The first-order valence-electron chi connectivity index (χ1n) is 7.02. The van der Waals surface area contributed by atoms with Gasteiger partial charge in [-0.3, -0.25) is 10.6 Å². The maximum absolute atomic E-state index is 11.8. The van der Waals surface area contributed by atoms with Gasteiger partial charge in [0, 0.05) is 3.57 Å². The molecule has 7 nitrogen and oxygen atoms in total. The minimum absolute atomic E-state index is 0.275. The van der Waals surface area contributed by atoms with Crippen molar-refractivity contribution in [2.45, 2.75) is 52.7 Å². The molecule has 0 radical (unpaired) electrons. The number of ether oxygens (including phenoxy) is 2. The molecule has 0 saturated heterocycles. The third-order valence-corrected chi connectivity index (χ3v) is 2.67. The van der Waals surface area contributed by atoms with E-state index in [1.807, 2.05) is 0 Å². The number of aromatic nitrogens is 1. The summed E-state index contributed by atoms with van der Waals surface area (Å²) >= 11 is 2.06. The zero-order valence-electron chi connectivity index (χ0n) is 14.1. The molecule has 0 unspecified atom stereocenters. The van der Waals surface area contributed by atoms with Crippen LogP contribution in [0.2, 0.25) is 0 Å². The van der Waals surface area contributed by atoms with E-state index in [9.17, 15) is 9.59 Å². The molecule has 1 rings (SSSR count). The first kappa shape index (κ1) is 19.5. The van der Waals surface area contributed by atoms with Crippen LogP contribution in [-0.4, -0.2) is 28.4 Å². The summed E-state index contributed by atoms with van der Waals surface area (Å²) in [5.41, 5.74) is -1.22. The van der Waals surface area contributed by atoms with Gasteiger partial charge in [-0.05, 0) is 76.3 Å². The molecular formula is C15H22IN3O4. The minimum Gasteiger partial charge on any atom is -0.444 e. The van der Waals surface area contributed by atoms with Crippen LogP contribution in [0.3, 0.4) is 0 Å². The van der Waals surface area contributed by atoms with E-state index in [4.69, 9.17) is 9.47 Å². The Kier molecular flexibility index (Phi) is 6.20. The van der Waals surface area contributed by atoms with Gasteiger partial charge in [-0.1, -0.05) is 0 Å². The van der Waals surface area contributed by atoms with Gasteiger partial charge < -0.3 is 9.47 Å². The second-order valence-corrected chi connectivity index (χ2v) is 8.06. The molecular weight excluding hydrogens is 413 g/mol. The number of hydrogen-bond acceptors (Lipinski definition) is 5. The lowest BCUT2D eigenvalue weighted by Crippen LogP contribution is -2.28. The Balaban J connectivity index is 2.79. The first-order chi connectivity index (χ1) is 10.3. The molecule has 2 amide bonds. The van der Waals surface area contributed by atoms with Crippen molar-refractivity contribution in [1.82, 2.24) is 4.98 Å². The van der Waals surface area contributed by atoms with E-state index in [0.29, 0.717) is 0 Å². The number of halogens is 1. The van der Waals surface area contributed by atoms with E-state index in [1.165, 1.54) is 0 Å². The van der Waals surface area contributed by atoms with Gasteiger partial charge in [-0.15, -0.1) is 0 Å². The highest BCUT2D eigenvalue weighted by atomic mass is 127. The molecule has 2 N–H and O–H groups in total. The van der Waals surface area contributed by atoms with Gasteiger partial charge in [-0.25, -0.2) is 14.6 Å². The van der Waals surface area contributed by atoms with Crippen molar-refractivity contribution in [3.8, 4) is 0 Å². The summed E-state index contributed by atoms with van der Waals surface area (Å²) in [4.78, 5) is 27.7. The quantitative estimate of drug-likeness (QED) is 0.674. The van der Waals surface area contributed by atoms with Crippen molar-refractivity contribution in [2.24, 2.45) is 0 Å². The third kappa shape index (κ3) is 8.58. The van der Waals surface area contributed by atoms with E-state index < -0.39 is 23.4 Å². The lowest BCUT2D eigenvalue weighted by atomic mass is 10.2. The number of carbonyl (C=O) groups excluding carboxylic acids is 2. The number of pyridine rings is 1. The maximum atomic E-state index is 11.8. The number of nitrogens with one attached hydrogen (secondary N) is 2. The Hall–Kier alpha value is -1.58. The van der Waals surface area contributed by atoms with Crippen molar-refractivity contribution < 1.29 is 19.1 Å². The predicted octanol–water partition coefficient (Wildman–Crippen LogP) is 4.38. The molecule has 0 spiro atoms. The highest BCUT2D eigenvalue weighted by Crippen LogP contribution is 2.18. The van der Waals surface area contributed by atoms with Crippen LogP contribution in [0.4, 0.5) is 21.2 Å². The van der Waals surface area contributed by atoms with Gasteiger partial charge in [0.25, 0.3) is 0 Å². The van der Waals surface area contributed by atoms with Gasteiger partial charge in [-0.2, -0.15) is 0 Å². The number of rotatable bonds is 2. The van der Waals surface area contributed by atoms with Gasteiger partial charge in [0.2, 0.25) is 0 Å². The third-order valence-electron chi connectivity index (χ3n) is 2.05. The molecule has 0 aliphatic heterocycles. The highest BCUT2D eigenvalue weighted by molar-refractivity contribution is 14.1. The number of carbonyl (C=O) groups is 2. The molecule has 0 aliphatic carbocycles. The average Bonchev–Trinajstić information content (AvgIpc) is 2.20. The normalized spacial score (nSPS) is 11.6. The van der Waals surface area contributed by atoms with E-state index in [1.54, 1.807) is 53.7 Å². The number of amides is 2. The second kappa shape index (κ2) is 7.33. The highest BCUT2D eigenvalue weighted by Gasteiger charge is 2.19. The topological polar surface area (TPSA) is 89.6 Å². The van der Waals surface area contributed by atoms with Gasteiger partial charge in [0.15, 0.2) is 0 Å². The van der Waals surface area contributed by atoms with Crippen LogP contribution >= 0.6 is 22.6 Å². The molecule has 0 saturated carbocycles. The molecule has 0 bridgehead atoms. The van der Waals surface area contributed by atoms with Crippen molar-refractivity contribution in [3.63, 3.8) is 0 Å². The largest absolute Gasteiger partial charge is 0.444 e. The molecule has 0 aromatic carbocycles. The molecule has 1 aromatic rings. The monoisotopic (exact) mass is 435 g/mol. The van der Waals surface area contributed by atoms with Crippen molar-refractivity contribution in [1.29, 1.82) is 0 Å². The average molecular weight is 435 g/mol. The molecule has 1 heterocycles. The van der Waals surface area contributed by atoms with Crippen LogP contribution in [-0.2, 0) is 9.47 Å². The maximum Gasteiger partial charge on any atom is 0.413 e. The van der Waals surface area contributed by atoms with Crippen LogP contribution in [0.1, 0.15) is 41.5 Å². The molecule has 1 aromatic heterocycles. The Morgan fingerprint density at radius 2 is 1.26 bits per heavy atom. The van der Waals surface area contributed by atoms with E-state index in [0.717, 1.165) is 3.57 Å². The zero-order chi connectivity index (χ0) is 17.8. The van der Waals surface area contributed by atoms with Crippen LogP contribution < -0.4 is 10.6 Å². The summed E-state index contributed by atoms with van der Waals surface area (Å²) in [6, 6.07) is 3.31. The fourth-order valence-corrected chi connectivity index (χ4v) is 2.03. The van der Waals surface area contributed by atoms with Crippen molar-refractivity contribution >= 4 is 46.4 Å². The first-order valence-corrected chi connectivity index (χ1v) is 8.09. The molecule has 8 heteroatoms. The standard InChI is InChI=1S/C15H22IN3O4/c1-14(2,3)22-12(20)18-10-7-9(16)8-11(17-10)19-13(21)23-15(4,5)6/h7-8H,1-6H3,(H2,17,18,19,20,21). The van der Waals surface area contributed by atoms with Crippen LogP contribution in [0, 0.1) is 3.57 Å². The van der Waals surface area contributed by atoms with Crippen molar-refractivity contribution in [2.75, 3.05) is 10.6 Å². The van der Waals surface area contributed by atoms with Gasteiger partial charge in [0.1, 0.15) is 22.8 Å². The van der Waals surface area contributed by atoms with Crippen LogP contribution in [0.15, 0.2) is 12.1 Å². The Morgan fingerprint density at radius 1 is 0.913 bits per heavy atom. The minimum atomic E-state index is -0.616. The number of nitrogens with zero attached hydrogens (tertiary/aromatic N) is 1. The molecule has 0 aliphatic rings. The van der Waals surface area contributed by atoms with Gasteiger partial charge in [0.05, 0.1) is 0 Å². The fraction of sp³-hybridized carbons (Fsp3) is 0.533. The predicted molar refractivity (Wildman–Crippen MR) is 96.7 cm³/mol. The SMILES string of the molecule is CC(C)(C)OC(=O)Nc1cc(I)cc(NC(=O)OC(C)(C)C)n1. The Morgan fingerprint density at radius 3 is 1.57 bits per heavy atom. The van der Waals surface area contributed by atoms with E-state index >= 15 is 0 Å². The second-order valence-electron chi connectivity index (χ2n) is 6.81. The number of hydrogen-bond donors (Lipinski definition) is 2. The molecule has 128 valence electrons. The lowest BCUT2D eigenvalue weighted by Gasteiger charge is -2.20. The molecule has 0 atom stereocenters. The van der Waals surface area contributed by atoms with Crippen LogP contribution in [0.5, 0.6) is 0 Å². The smallest absolute Gasteiger partial charge is 0.413 e. The van der Waals surface area contributed by atoms with Crippen LogP contribution in [0.25, 0.3) is 0 Å². The molecule has 23 heavy (non-hydrogen) atoms. The Labute approximate surface area is 149 Å². The summed E-state index contributed by atoms with van der Waals surface area (Å²) in [7, 11) is 0. The fourth-order valence-electron chi connectivity index (χ4n) is 1.44. The summed E-state index contributed by atoms with van der Waals surface area (Å²) in [6.07, 6.45) is -1.23. The van der Waals surface area contributed by atoms with E-state index in [-0.39, 0.29) is 11.6 Å². The summed E-state index contributed by atoms with van der Waals surface area (Å²) in [5, 5.41) is 5.06. The van der Waals surface area contributed by atoms with Crippen molar-refractivity contribution in [3.05, 3.63) is 15.7 Å². The zero-order valence-corrected chi connectivity index (χ0v) is 16.3. The van der Waals surface area contributed by atoms with Gasteiger partial charge >= 0.3 is 12.2 Å². The lowest BCUT2D eigenvalue weighted by molar-refractivity contribution is 0.0625. The summed E-state index contributed by atoms with van der Waals surface area (Å²) in [5.74, 6) is 0.550.